The maximum absolute atomic E-state index is 13.0. The Morgan fingerprint density at radius 3 is 2.33 bits per heavy atom. The second-order valence-electron chi connectivity index (χ2n) is 4.45. The van der Waals surface area contributed by atoms with Crippen molar-refractivity contribution in [2.75, 3.05) is 6.61 Å². The fourth-order valence-electron chi connectivity index (χ4n) is 1.86. The smallest absolute Gasteiger partial charge is 0.162 e. The first-order chi connectivity index (χ1) is 10.1. The van der Waals surface area contributed by atoms with Gasteiger partial charge in [-0.25, -0.2) is 13.2 Å². The van der Waals surface area contributed by atoms with Gasteiger partial charge in [0, 0.05) is 12.5 Å². The summed E-state index contributed by atoms with van der Waals surface area (Å²) in [6.45, 7) is 0.167. The zero-order valence-electron chi connectivity index (χ0n) is 11.0. The molecule has 1 atom stereocenters. The van der Waals surface area contributed by atoms with Crippen molar-refractivity contribution >= 4 is 0 Å². The van der Waals surface area contributed by atoms with E-state index in [1.54, 1.807) is 12.1 Å². The van der Waals surface area contributed by atoms with Gasteiger partial charge < -0.3 is 4.74 Å². The minimum atomic E-state index is -0.983. The molecule has 21 heavy (non-hydrogen) atoms. The van der Waals surface area contributed by atoms with Crippen LogP contribution in [0.1, 0.15) is 17.9 Å². The van der Waals surface area contributed by atoms with Crippen molar-refractivity contribution in [1.29, 1.82) is 5.26 Å². The Morgan fingerprint density at radius 1 is 1.00 bits per heavy atom. The molecular weight excluding hydrogens is 279 g/mol. The third kappa shape index (κ3) is 3.99. The lowest BCUT2D eigenvalue weighted by Crippen LogP contribution is -2.05. The molecule has 0 N–H and O–H groups in total. The molecule has 2 nitrogen and oxygen atoms in total. The lowest BCUT2D eigenvalue weighted by Gasteiger charge is -2.11. The summed E-state index contributed by atoms with van der Waals surface area (Å²) in [6, 6.07) is 11.0. The molecule has 0 aliphatic heterocycles. The van der Waals surface area contributed by atoms with Gasteiger partial charge in [0.15, 0.2) is 11.6 Å². The molecule has 0 saturated carbocycles. The Hall–Kier alpha value is -2.48. The largest absolute Gasteiger partial charge is 0.493 e. The van der Waals surface area contributed by atoms with Gasteiger partial charge in [-0.2, -0.15) is 5.26 Å². The molecule has 0 fully saturated rings. The second kappa shape index (κ2) is 6.80. The topological polar surface area (TPSA) is 33.0 Å². The second-order valence-corrected chi connectivity index (χ2v) is 4.45. The standard InChI is InChI=1S/C16H12F3NO/c17-13-3-1-11(2-4-13)12(10-20)7-8-21-14-5-6-15(18)16(19)9-14/h1-6,9,12H,7-8H2. The number of ether oxygens (including phenoxy) is 1. The van der Waals surface area contributed by atoms with Crippen molar-refractivity contribution in [2.45, 2.75) is 12.3 Å². The molecule has 0 aromatic heterocycles. The molecule has 0 aliphatic carbocycles. The molecule has 1 unspecified atom stereocenters. The maximum Gasteiger partial charge on any atom is 0.162 e. The molecule has 2 rings (SSSR count). The summed E-state index contributed by atoms with van der Waals surface area (Å²) in [7, 11) is 0. The van der Waals surface area contributed by atoms with Crippen LogP contribution in [0.15, 0.2) is 42.5 Å². The highest BCUT2D eigenvalue weighted by molar-refractivity contribution is 5.26. The molecule has 0 aliphatic rings. The van der Waals surface area contributed by atoms with Crippen LogP contribution < -0.4 is 4.74 Å². The van der Waals surface area contributed by atoms with E-state index < -0.39 is 17.6 Å². The van der Waals surface area contributed by atoms with Crippen LogP contribution in [0.5, 0.6) is 5.75 Å². The van der Waals surface area contributed by atoms with Crippen molar-refractivity contribution < 1.29 is 17.9 Å². The molecule has 5 heteroatoms. The predicted octanol–water partition coefficient (Wildman–Crippen LogP) is 4.18. The van der Waals surface area contributed by atoms with Gasteiger partial charge >= 0.3 is 0 Å². The summed E-state index contributed by atoms with van der Waals surface area (Å²) in [5.41, 5.74) is 0.688. The Bertz CT molecular complexity index is 650. The van der Waals surface area contributed by atoms with Gasteiger partial charge in [0.25, 0.3) is 0 Å². The van der Waals surface area contributed by atoms with Gasteiger partial charge in [-0.15, -0.1) is 0 Å². The fraction of sp³-hybridized carbons (Fsp3) is 0.188. The molecule has 0 bridgehead atoms. The number of hydrogen-bond acceptors (Lipinski definition) is 2. The Balaban J connectivity index is 1.93. The maximum atomic E-state index is 13.0. The molecular formula is C16H12F3NO. The lowest BCUT2D eigenvalue weighted by atomic mass is 9.98. The third-order valence-corrected chi connectivity index (χ3v) is 2.99. The predicted molar refractivity (Wildman–Crippen MR) is 71.2 cm³/mol. The van der Waals surface area contributed by atoms with Crippen molar-refractivity contribution in [2.24, 2.45) is 0 Å². The summed E-state index contributed by atoms with van der Waals surface area (Å²) < 4.78 is 43.9. The Labute approximate surface area is 120 Å². The summed E-state index contributed by atoms with van der Waals surface area (Å²) in [5.74, 6) is -2.54. The molecule has 2 aromatic carbocycles. The number of halogens is 3. The first kappa shape index (κ1) is 14.9. The average molecular weight is 291 g/mol. The van der Waals surface area contributed by atoms with Crippen molar-refractivity contribution in [1.82, 2.24) is 0 Å². The lowest BCUT2D eigenvalue weighted by molar-refractivity contribution is 0.303. The van der Waals surface area contributed by atoms with E-state index >= 15 is 0 Å². The molecule has 0 heterocycles. The molecule has 0 radical (unpaired) electrons. The minimum absolute atomic E-state index is 0.167. The highest BCUT2D eigenvalue weighted by Crippen LogP contribution is 2.21. The van der Waals surface area contributed by atoms with E-state index in [4.69, 9.17) is 10.00 Å². The van der Waals surface area contributed by atoms with Gasteiger partial charge in [0.05, 0.1) is 18.6 Å². The van der Waals surface area contributed by atoms with E-state index in [-0.39, 0.29) is 18.2 Å². The number of hydrogen-bond donors (Lipinski definition) is 0. The van der Waals surface area contributed by atoms with Crippen molar-refractivity contribution in [3.8, 4) is 11.8 Å². The molecule has 0 spiro atoms. The summed E-state index contributed by atoms with van der Waals surface area (Å²) in [6.07, 6.45) is 0.362. The monoisotopic (exact) mass is 291 g/mol. The van der Waals surface area contributed by atoms with E-state index in [0.29, 0.717) is 12.0 Å². The Kier molecular flexibility index (Phi) is 4.83. The average Bonchev–Trinajstić information content (AvgIpc) is 2.48. The quantitative estimate of drug-likeness (QED) is 0.828. The van der Waals surface area contributed by atoms with E-state index in [2.05, 4.69) is 6.07 Å². The normalized spacial score (nSPS) is 11.7. The third-order valence-electron chi connectivity index (χ3n) is 2.99. The van der Waals surface area contributed by atoms with Gasteiger partial charge in [0.1, 0.15) is 11.6 Å². The first-order valence-corrected chi connectivity index (χ1v) is 6.33. The summed E-state index contributed by atoms with van der Waals surface area (Å²) in [4.78, 5) is 0. The van der Waals surface area contributed by atoms with Crippen LogP contribution in [-0.2, 0) is 0 Å². The fourth-order valence-corrected chi connectivity index (χ4v) is 1.86. The SMILES string of the molecule is N#CC(CCOc1ccc(F)c(F)c1)c1ccc(F)cc1. The van der Waals surface area contributed by atoms with E-state index in [9.17, 15) is 13.2 Å². The molecule has 0 amide bonds. The minimum Gasteiger partial charge on any atom is -0.493 e. The number of nitriles is 1. The van der Waals surface area contributed by atoms with E-state index in [1.165, 1.54) is 18.2 Å². The highest BCUT2D eigenvalue weighted by atomic mass is 19.2. The van der Waals surface area contributed by atoms with E-state index in [1.807, 2.05) is 0 Å². The number of nitrogens with zero attached hydrogens (tertiary/aromatic N) is 1. The van der Waals surface area contributed by atoms with Crippen LogP contribution in [0.2, 0.25) is 0 Å². The summed E-state index contributed by atoms with van der Waals surface area (Å²) >= 11 is 0. The highest BCUT2D eigenvalue weighted by Gasteiger charge is 2.11. The number of benzene rings is 2. The van der Waals surface area contributed by atoms with Crippen LogP contribution in [-0.4, -0.2) is 6.61 Å². The van der Waals surface area contributed by atoms with Crippen LogP contribution in [0.4, 0.5) is 13.2 Å². The van der Waals surface area contributed by atoms with Crippen LogP contribution in [0.3, 0.4) is 0 Å². The van der Waals surface area contributed by atoms with Crippen molar-refractivity contribution in [3.63, 3.8) is 0 Å². The molecule has 108 valence electrons. The Morgan fingerprint density at radius 2 is 1.71 bits per heavy atom. The van der Waals surface area contributed by atoms with Crippen LogP contribution >= 0.6 is 0 Å². The molecule has 2 aromatic rings. The zero-order chi connectivity index (χ0) is 15.2. The molecule has 0 saturated heterocycles. The van der Waals surface area contributed by atoms with Gasteiger partial charge in [-0.3, -0.25) is 0 Å². The van der Waals surface area contributed by atoms with Crippen LogP contribution in [0, 0.1) is 28.8 Å². The van der Waals surface area contributed by atoms with Crippen molar-refractivity contribution in [3.05, 3.63) is 65.5 Å². The number of rotatable bonds is 5. The zero-order valence-corrected chi connectivity index (χ0v) is 11.0. The van der Waals surface area contributed by atoms with Gasteiger partial charge in [0.2, 0.25) is 0 Å². The van der Waals surface area contributed by atoms with E-state index in [0.717, 1.165) is 12.1 Å². The first-order valence-electron chi connectivity index (χ1n) is 6.33. The van der Waals surface area contributed by atoms with Gasteiger partial charge in [-0.1, -0.05) is 12.1 Å². The summed E-state index contributed by atoms with van der Waals surface area (Å²) in [5, 5.41) is 9.12. The van der Waals surface area contributed by atoms with Gasteiger partial charge in [-0.05, 0) is 29.8 Å². The van der Waals surface area contributed by atoms with Crippen LogP contribution in [0.25, 0.3) is 0 Å².